The molecular weight excluding hydrogens is 424 g/mol. The minimum absolute atomic E-state index is 0.0161. The first-order chi connectivity index (χ1) is 6.21. The summed E-state index contributed by atoms with van der Waals surface area (Å²) >= 11 is 10.7. The van der Waals surface area contributed by atoms with E-state index in [9.17, 15) is 8.76 Å². The zero-order valence-electron chi connectivity index (χ0n) is 6.98. The second-order valence-corrected chi connectivity index (χ2v) is 13.2. The molecule has 1 heterocycles. The summed E-state index contributed by atoms with van der Waals surface area (Å²) in [5.41, 5.74) is 0. The van der Waals surface area contributed by atoms with Crippen molar-refractivity contribution >= 4 is 69.1 Å². The Morgan fingerprint density at radius 2 is 2.29 bits per heavy atom. The van der Waals surface area contributed by atoms with E-state index in [-0.39, 0.29) is 5.75 Å². The highest BCUT2D eigenvalue weighted by atomic mass is 80.0. The van der Waals surface area contributed by atoms with Crippen molar-refractivity contribution in [2.45, 2.75) is 2.14 Å². The van der Waals surface area contributed by atoms with Crippen molar-refractivity contribution in [1.82, 2.24) is 9.17 Å². The van der Waals surface area contributed by atoms with Crippen molar-refractivity contribution in [3.05, 3.63) is 10.0 Å². The fourth-order valence-electron chi connectivity index (χ4n) is 0.739. The summed E-state index contributed by atoms with van der Waals surface area (Å²) in [7, 11) is -1.34. The van der Waals surface area contributed by atoms with Crippen molar-refractivity contribution in [3.8, 4) is 0 Å². The van der Waals surface area contributed by atoms with E-state index in [1.807, 2.05) is 0 Å². The molecule has 0 aliphatic carbocycles. The molecule has 1 aromatic rings. The fourth-order valence-corrected chi connectivity index (χ4v) is 5.74. The highest BCUT2D eigenvalue weighted by Crippen LogP contribution is 2.35. The molecule has 0 saturated heterocycles. The molecule has 1 rings (SSSR count). The van der Waals surface area contributed by atoms with Gasteiger partial charge in [-0.15, -0.1) is 0 Å². The third-order valence-electron chi connectivity index (χ3n) is 1.22. The molecule has 82 valence electrons. The lowest BCUT2D eigenvalue weighted by Gasteiger charge is -2.11. The molecule has 9 heteroatoms. The molecule has 0 amide bonds. The van der Waals surface area contributed by atoms with Gasteiger partial charge in [0, 0.05) is 7.05 Å². The van der Waals surface area contributed by atoms with Gasteiger partial charge in [0.25, 0.3) is 0 Å². The smallest absolute Gasteiger partial charge is 0.148 e. The summed E-state index contributed by atoms with van der Waals surface area (Å²) in [5.74, 6) is 0.0161. The Bertz CT molecular complexity index is 466. The van der Waals surface area contributed by atoms with Crippen molar-refractivity contribution < 1.29 is 8.76 Å². The second-order valence-electron chi connectivity index (χ2n) is 2.52. The molecule has 0 aliphatic heterocycles. The van der Waals surface area contributed by atoms with Crippen LogP contribution in [-0.2, 0) is 16.9 Å². The van der Waals surface area contributed by atoms with Gasteiger partial charge >= 0.3 is 0 Å². The first-order valence-corrected chi connectivity index (χ1v) is 8.18. The molecule has 1 unspecified atom stereocenters. The van der Waals surface area contributed by atoms with Crippen molar-refractivity contribution in [1.29, 1.82) is 0 Å². The summed E-state index contributed by atoms with van der Waals surface area (Å²) in [6.07, 6.45) is 1.41. The minimum atomic E-state index is -3.05. The molecule has 0 saturated carbocycles. The summed E-state index contributed by atoms with van der Waals surface area (Å²) in [6, 6.07) is 0. The molecule has 0 fully saturated rings. The van der Waals surface area contributed by atoms with Gasteiger partial charge < -0.3 is 4.55 Å². The van der Waals surface area contributed by atoms with Gasteiger partial charge in [-0.1, -0.05) is 47.8 Å². The Morgan fingerprint density at radius 3 is 2.64 bits per heavy atom. The Kier molecular flexibility index (Phi) is 4.27. The van der Waals surface area contributed by atoms with Crippen molar-refractivity contribution in [2.24, 2.45) is 7.05 Å². The van der Waals surface area contributed by atoms with Crippen LogP contribution in [-0.4, -0.2) is 25.8 Å². The molecule has 0 aliphatic rings. The molecular formula is C5H7Br3N2O2S2. The van der Waals surface area contributed by atoms with Crippen LogP contribution in [0, 0.1) is 3.82 Å². The minimum Gasteiger partial charge on any atom is -0.312 e. The molecule has 14 heavy (non-hydrogen) atoms. The molecule has 1 N–H and O–H groups in total. The fraction of sp³-hybridized carbons (Fsp3) is 0.600. The maximum atomic E-state index is 11.8. The van der Waals surface area contributed by atoms with E-state index in [0.29, 0.717) is 3.82 Å². The maximum absolute atomic E-state index is 11.8. The van der Waals surface area contributed by atoms with Gasteiger partial charge in [-0.2, -0.15) is 5.10 Å². The van der Waals surface area contributed by atoms with Gasteiger partial charge in [-0.05, 0) is 11.5 Å². The first kappa shape index (κ1) is 13.2. The Morgan fingerprint density at radius 1 is 1.71 bits per heavy atom. The highest BCUT2D eigenvalue weighted by Gasteiger charge is 2.24. The third kappa shape index (κ3) is 3.93. The van der Waals surface area contributed by atoms with Crippen LogP contribution >= 0.6 is 59.3 Å². The predicted octanol–water partition coefficient (Wildman–Crippen LogP) is 2.61. The zero-order chi connectivity index (χ0) is 11.0. The Balaban J connectivity index is 3.26. The SMILES string of the molecule is Cn1ncc(=S(=O)(O)CC(Br)(Br)Br)s1. The van der Waals surface area contributed by atoms with Gasteiger partial charge in [0.2, 0.25) is 0 Å². The lowest BCUT2D eigenvalue weighted by atomic mass is 11.0. The van der Waals surface area contributed by atoms with Gasteiger partial charge in [0.05, 0.1) is 11.9 Å². The number of alkyl halides is 3. The number of hydrogen-bond acceptors (Lipinski definition) is 3. The van der Waals surface area contributed by atoms with Gasteiger partial charge in [0.15, 0.2) is 0 Å². The van der Waals surface area contributed by atoms with Crippen LogP contribution in [0.5, 0.6) is 0 Å². The van der Waals surface area contributed by atoms with E-state index in [0.717, 1.165) is 11.5 Å². The standard InChI is InChI=1S/C5H7Br3N2O2S2/c1-10-9-2-4(13-10)14(11,12)3-5(6,7)8/h2H,3H2,1H3,(H,11,12). The predicted molar refractivity (Wildman–Crippen MR) is 69.5 cm³/mol. The highest BCUT2D eigenvalue weighted by molar-refractivity contribution is 9.39. The summed E-state index contributed by atoms with van der Waals surface area (Å²) in [6.45, 7) is 0. The Hall–Kier alpha value is 1.11. The number of halogens is 3. The zero-order valence-corrected chi connectivity index (χ0v) is 13.4. The second kappa shape index (κ2) is 4.54. The van der Waals surface area contributed by atoms with Gasteiger partial charge in [-0.3, -0.25) is 0 Å². The van der Waals surface area contributed by atoms with Gasteiger partial charge in [-0.25, -0.2) is 8.28 Å². The Labute approximate surface area is 111 Å². The molecule has 0 bridgehead atoms. The molecule has 1 atom stereocenters. The number of nitrogens with zero attached hydrogens (tertiary/aromatic N) is 2. The normalized spacial score (nSPS) is 16.6. The monoisotopic (exact) mass is 428 g/mol. The lowest BCUT2D eigenvalue weighted by molar-refractivity contribution is 0.557. The summed E-state index contributed by atoms with van der Waals surface area (Å²) in [4.78, 5) is 0. The number of rotatable bonds is 1. The van der Waals surface area contributed by atoms with Crippen LogP contribution in [0.15, 0.2) is 6.20 Å². The van der Waals surface area contributed by atoms with E-state index in [1.165, 1.54) is 10.3 Å². The maximum Gasteiger partial charge on any atom is 0.148 e. The van der Waals surface area contributed by atoms with Gasteiger partial charge in [0.1, 0.15) is 15.8 Å². The average Bonchev–Trinajstić information content (AvgIpc) is 2.29. The first-order valence-electron chi connectivity index (χ1n) is 3.34. The van der Waals surface area contributed by atoms with E-state index in [4.69, 9.17) is 0 Å². The van der Waals surface area contributed by atoms with Crippen LogP contribution in [0.4, 0.5) is 0 Å². The van der Waals surface area contributed by atoms with E-state index < -0.39 is 11.9 Å². The quantitative estimate of drug-likeness (QED) is 0.550. The van der Waals surface area contributed by atoms with Crippen LogP contribution in [0.3, 0.4) is 0 Å². The average molecular weight is 431 g/mol. The molecule has 0 radical (unpaired) electrons. The molecule has 0 aromatic carbocycles. The molecule has 4 nitrogen and oxygen atoms in total. The summed E-state index contributed by atoms with van der Waals surface area (Å²) < 4.78 is 22.7. The van der Waals surface area contributed by atoms with Crippen LogP contribution in [0.25, 0.3) is 0 Å². The van der Waals surface area contributed by atoms with Crippen molar-refractivity contribution in [2.75, 3.05) is 5.75 Å². The van der Waals surface area contributed by atoms with Crippen LogP contribution in [0.2, 0.25) is 0 Å². The van der Waals surface area contributed by atoms with E-state index >= 15 is 0 Å². The topological polar surface area (TPSA) is 55.1 Å². The number of aromatic nitrogens is 2. The number of aryl methyl sites for hydroxylation is 1. The van der Waals surface area contributed by atoms with Crippen molar-refractivity contribution in [3.63, 3.8) is 0 Å². The van der Waals surface area contributed by atoms with E-state index in [2.05, 4.69) is 52.9 Å². The van der Waals surface area contributed by atoms with E-state index in [1.54, 1.807) is 7.05 Å². The van der Waals surface area contributed by atoms with Crippen LogP contribution < -0.4 is 0 Å². The largest absolute Gasteiger partial charge is 0.312 e. The molecule has 0 spiro atoms. The summed E-state index contributed by atoms with van der Waals surface area (Å²) in [5, 5.41) is 3.86. The third-order valence-corrected chi connectivity index (χ3v) is 6.38. The van der Waals surface area contributed by atoms with Crippen LogP contribution in [0.1, 0.15) is 0 Å². The lowest BCUT2D eigenvalue weighted by Crippen LogP contribution is -2.17. The molecule has 1 aromatic heterocycles. The number of hydrogen-bond donors (Lipinski definition) is 1.